The van der Waals surface area contributed by atoms with Gasteiger partial charge in [-0.1, -0.05) is 67.1 Å². The van der Waals surface area contributed by atoms with Crippen molar-refractivity contribution in [2.45, 2.75) is 47.2 Å². The molecule has 0 radical (unpaired) electrons. The van der Waals surface area contributed by atoms with Crippen molar-refractivity contribution in [3.8, 4) is 0 Å². The zero-order valence-electron chi connectivity index (χ0n) is 13.3. The Labute approximate surface area is 142 Å². The van der Waals surface area contributed by atoms with Gasteiger partial charge in [-0.15, -0.1) is 0 Å². The number of rotatable bonds is 2. The molecule has 124 valence electrons. The molecule has 0 amide bonds. The average Bonchev–Trinajstić information content (AvgIpc) is 2.39. The minimum Gasteiger partial charge on any atom is -1.00 e. The van der Waals surface area contributed by atoms with Crippen molar-refractivity contribution in [2.75, 3.05) is 0 Å². The third kappa shape index (κ3) is 8.18. The van der Waals surface area contributed by atoms with Gasteiger partial charge in [-0.25, -0.2) is 0 Å². The summed E-state index contributed by atoms with van der Waals surface area (Å²) in [7, 11) is 0. The molecule has 2 nitrogen and oxygen atoms in total. The first-order chi connectivity index (χ1) is 9.40. The van der Waals surface area contributed by atoms with Gasteiger partial charge in [0.2, 0.25) is 0 Å². The van der Waals surface area contributed by atoms with Crippen LogP contribution in [0.1, 0.15) is 55.6 Å². The van der Waals surface area contributed by atoms with Gasteiger partial charge in [-0.3, -0.25) is 0 Å². The van der Waals surface area contributed by atoms with E-state index >= 15 is 0 Å². The first kappa shape index (κ1) is 22.9. The smallest absolute Gasteiger partial charge is 0.0266 e. The molecule has 0 saturated heterocycles. The molecular weight excluding hydrogens is 292 g/mol. The van der Waals surface area contributed by atoms with Crippen LogP contribution in [-0.4, -0.2) is 0 Å². The Morgan fingerprint density at radius 2 is 1.05 bits per heavy atom. The van der Waals surface area contributed by atoms with E-state index in [0.29, 0.717) is 0 Å². The molecule has 4 N–H and O–H groups in total. The summed E-state index contributed by atoms with van der Waals surface area (Å²) in [5, 5.41) is 0. The van der Waals surface area contributed by atoms with Crippen LogP contribution in [0.2, 0.25) is 0 Å². The van der Waals surface area contributed by atoms with Crippen molar-refractivity contribution in [1.82, 2.24) is 0 Å². The highest BCUT2D eigenvalue weighted by Crippen LogP contribution is 2.11. The highest BCUT2D eigenvalue weighted by Gasteiger charge is 1.97. The molecule has 0 aliphatic heterocycles. The van der Waals surface area contributed by atoms with Crippen molar-refractivity contribution < 1.29 is 12.4 Å². The normalized spacial score (nSPS) is 11.9. The van der Waals surface area contributed by atoms with E-state index in [1.54, 1.807) is 0 Å². The number of aryl methyl sites for hydroxylation is 2. The lowest BCUT2D eigenvalue weighted by atomic mass is 10.1. The van der Waals surface area contributed by atoms with Crippen LogP contribution in [0, 0.1) is 13.8 Å². The fourth-order valence-corrected chi connectivity index (χ4v) is 1.91. The molecule has 2 rings (SSSR count). The van der Waals surface area contributed by atoms with Crippen molar-refractivity contribution in [3.05, 3.63) is 70.8 Å². The maximum absolute atomic E-state index is 5.68. The first-order valence-electron chi connectivity index (χ1n) is 7.04. The van der Waals surface area contributed by atoms with Gasteiger partial charge in [-0.2, -0.15) is 0 Å². The first-order valence-corrected chi connectivity index (χ1v) is 7.04. The van der Waals surface area contributed by atoms with E-state index in [2.05, 4.69) is 50.2 Å². The molecule has 0 aromatic heterocycles. The Morgan fingerprint density at radius 1 is 0.727 bits per heavy atom. The standard InChI is InChI=1S/2C9H13N.CH4.ClH/c2*1-7-4-3-5-9(6-7)8(2)10;;/h2*3-6,8H,10H2,1-2H3;1H4;1H/p-1/t2*8-;;/m00../s1. The highest BCUT2D eigenvalue weighted by molar-refractivity contribution is 5.24. The molecule has 0 fully saturated rings. The summed E-state index contributed by atoms with van der Waals surface area (Å²) in [5.41, 5.74) is 16.3. The van der Waals surface area contributed by atoms with E-state index in [9.17, 15) is 0 Å². The van der Waals surface area contributed by atoms with Crippen LogP contribution in [-0.2, 0) is 0 Å². The molecule has 0 heterocycles. The summed E-state index contributed by atoms with van der Waals surface area (Å²) in [4.78, 5) is 0. The van der Waals surface area contributed by atoms with Crippen LogP contribution in [0.5, 0.6) is 0 Å². The van der Waals surface area contributed by atoms with Gasteiger partial charge >= 0.3 is 0 Å². The molecular formula is C19H30ClN2-. The summed E-state index contributed by atoms with van der Waals surface area (Å²) < 4.78 is 0. The zero-order chi connectivity index (χ0) is 15.1. The van der Waals surface area contributed by atoms with Gasteiger partial charge in [0.25, 0.3) is 0 Å². The molecule has 22 heavy (non-hydrogen) atoms. The van der Waals surface area contributed by atoms with Gasteiger partial charge in [0, 0.05) is 12.1 Å². The molecule has 2 atom stereocenters. The van der Waals surface area contributed by atoms with Gasteiger partial charge < -0.3 is 23.9 Å². The molecule has 0 aliphatic rings. The van der Waals surface area contributed by atoms with Gasteiger partial charge in [0.1, 0.15) is 0 Å². The summed E-state index contributed by atoms with van der Waals surface area (Å²) >= 11 is 0. The number of hydrogen-bond acceptors (Lipinski definition) is 2. The second kappa shape index (κ2) is 11.2. The van der Waals surface area contributed by atoms with Crippen molar-refractivity contribution in [2.24, 2.45) is 11.5 Å². The molecule has 2 aromatic carbocycles. The lowest BCUT2D eigenvalue weighted by Crippen LogP contribution is -3.00. The van der Waals surface area contributed by atoms with E-state index in [-0.39, 0.29) is 31.9 Å². The molecule has 0 aliphatic carbocycles. The second-order valence-electron chi connectivity index (χ2n) is 5.41. The topological polar surface area (TPSA) is 52.0 Å². The van der Waals surface area contributed by atoms with E-state index in [1.165, 1.54) is 22.3 Å². The number of nitrogens with two attached hydrogens (primary N) is 2. The van der Waals surface area contributed by atoms with E-state index in [1.807, 2.05) is 26.0 Å². The van der Waals surface area contributed by atoms with Crippen LogP contribution in [0.3, 0.4) is 0 Å². The summed E-state index contributed by atoms with van der Waals surface area (Å²) in [6, 6.07) is 16.9. The molecule has 0 spiro atoms. The third-order valence-corrected chi connectivity index (χ3v) is 3.14. The molecule has 0 saturated carbocycles. The Hall–Kier alpha value is -1.35. The number of halogens is 1. The molecule has 0 bridgehead atoms. The summed E-state index contributed by atoms with van der Waals surface area (Å²) in [6.45, 7) is 8.14. The fraction of sp³-hybridized carbons (Fsp3) is 0.368. The largest absolute Gasteiger partial charge is 1.00 e. The van der Waals surface area contributed by atoms with E-state index < -0.39 is 0 Å². The fourth-order valence-electron chi connectivity index (χ4n) is 1.91. The van der Waals surface area contributed by atoms with Crippen LogP contribution in [0.25, 0.3) is 0 Å². The number of hydrogen-bond donors (Lipinski definition) is 2. The maximum atomic E-state index is 5.68. The predicted octanol–water partition coefficient (Wildman–Crippen LogP) is 1.67. The van der Waals surface area contributed by atoms with Gasteiger partial charge in [0.15, 0.2) is 0 Å². The van der Waals surface area contributed by atoms with E-state index in [4.69, 9.17) is 11.5 Å². The van der Waals surface area contributed by atoms with Crippen molar-refractivity contribution in [3.63, 3.8) is 0 Å². The van der Waals surface area contributed by atoms with Crippen LogP contribution in [0.15, 0.2) is 48.5 Å². The third-order valence-electron chi connectivity index (χ3n) is 3.14. The molecule has 2 aromatic rings. The quantitative estimate of drug-likeness (QED) is 0.884. The maximum Gasteiger partial charge on any atom is 0.0266 e. The lowest BCUT2D eigenvalue weighted by Gasteiger charge is -2.04. The number of benzene rings is 2. The molecule has 3 heteroatoms. The Morgan fingerprint density at radius 3 is 1.23 bits per heavy atom. The van der Waals surface area contributed by atoms with E-state index in [0.717, 1.165) is 0 Å². The highest BCUT2D eigenvalue weighted by atomic mass is 35.5. The second-order valence-corrected chi connectivity index (χ2v) is 5.41. The monoisotopic (exact) mass is 321 g/mol. The Kier molecular flexibility index (Phi) is 11.7. The molecule has 0 unspecified atom stereocenters. The summed E-state index contributed by atoms with van der Waals surface area (Å²) in [6.07, 6.45) is 0. The average molecular weight is 322 g/mol. The Bertz CT molecular complexity index is 487. The van der Waals surface area contributed by atoms with Crippen LogP contribution < -0.4 is 23.9 Å². The van der Waals surface area contributed by atoms with Crippen LogP contribution >= 0.6 is 0 Å². The van der Waals surface area contributed by atoms with Crippen molar-refractivity contribution >= 4 is 0 Å². The SMILES string of the molecule is C.Cc1cccc([C@H](C)N)c1.Cc1cccc([C@H](C)N)c1.[Cl-]. The minimum atomic E-state index is 0. The lowest BCUT2D eigenvalue weighted by molar-refractivity contribution is -0.00000506. The summed E-state index contributed by atoms with van der Waals surface area (Å²) in [5.74, 6) is 0. The minimum absolute atomic E-state index is 0. The van der Waals surface area contributed by atoms with Crippen LogP contribution in [0.4, 0.5) is 0 Å². The van der Waals surface area contributed by atoms with Crippen molar-refractivity contribution in [1.29, 1.82) is 0 Å². The van der Waals surface area contributed by atoms with Gasteiger partial charge in [0.05, 0.1) is 0 Å². The zero-order valence-corrected chi connectivity index (χ0v) is 14.1. The Balaban J connectivity index is 0. The predicted molar refractivity (Wildman–Crippen MR) is 94.3 cm³/mol. The van der Waals surface area contributed by atoms with Gasteiger partial charge in [-0.05, 0) is 38.8 Å².